The van der Waals surface area contributed by atoms with E-state index in [2.05, 4.69) is 20.7 Å². The highest BCUT2D eigenvalue weighted by atomic mass is 79.9. The lowest BCUT2D eigenvalue weighted by Gasteiger charge is -2.12. The van der Waals surface area contributed by atoms with Crippen LogP contribution in [-0.2, 0) is 16.6 Å². The van der Waals surface area contributed by atoms with Gasteiger partial charge in [-0.05, 0) is 35.9 Å². The molecule has 0 radical (unpaired) electrons. The van der Waals surface area contributed by atoms with Gasteiger partial charge >= 0.3 is 0 Å². The molecule has 0 heterocycles. The van der Waals surface area contributed by atoms with Crippen LogP contribution in [0.1, 0.15) is 5.56 Å². The summed E-state index contributed by atoms with van der Waals surface area (Å²) in [6.07, 6.45) is 0. The molecule has 7 heteroatoms. The number of nitrogens with one attached hydrogen (secondary N) is 1. The predicted octanol–water partition coefficient (Wildman–Crippen LogP) is 2.75. The van der Waals surface area contributed by atoms with Gasteiger partial charge in [-0.2, -0.15) is 0 Å². The van der Waals surface area contributed by atoms with E-state index in [1.54, 1.807) is 36.4 Å². The molecule has 112 valence electrons. The summed E-state index contributed by atoms with van der Waals surface area (Å²) >= 11 is 3.25. The van der Waals surface area contributed by atoms with Crippen LogP contribution in [-0.4, -0.2) is 20.6 Å². The number of ether oxygens (including phenoxy) is 1. The summed E-state index contributed by atoms with van der Waals surface area (Å²) in [6.45, 7) is -0.157. The normalized spacial score (nSPS) is 11.2. The van der Waals surface area contributed by atoms with Crippen molar-refractivity contribution in [2.45, 2.75) is 11.5 Å². The molecule has 0 atom stereocenters. The van der Waals surface area contributed by atoms with Crippen molar-refractivity contribution in [1.29, 1.82) is 0 Å². The average Bonchev–Trinajstić information content (AvgIpc) is 2.47. The Morgan fingerprint density at radius 1 is 1.24 bits per heavy atom. The summed E-state index contributed by atoms with van der Waals surface area (Å²) in [6, 6.07) is 11.3. The zero-order valence-electron chi connectivity index (χ0n) is 11.2. The summed E-state index contributed by atoms with van der Waals surface area (Å²) < 4.78 is 33.1. The molecule has 0 spiro atoms. The van der Waals surface area contributed by atoms with Gasteiger partial charge in [0.15, 0.2) is 0 Å². The SMILES string of the molecule is COc1ccc(Br)cc1S(=O)(=O)Nc1cccc(CO)c1. The molecular formula is C14H14BrNO4S. The molecule has 2 aromatic carbocycles. The van der Waals surface area contributed by atoms with Crippen LogP contribution in [0.2, 0.25) is 0 Å². The quantitative estimate of drug-likeness (QED) is 0.846. The molecule has 2 aromatic rings. The highest BCUT2D eigenvalue weighted by Gasteiger charge is 2.20. The van der Waals surface area contributed by atoms with Gasteiger partial charge in [0.1, 0.15) is 10.6 Å². The lowest BCUT2D eigenvalue weighted by molar-refractivity contribution is 0.282. The summed E-state index contributed by atoms with van der Waals surface area (Å²) in [7, 11) is -2.38. The van der Waals surface area contributed by atoms with Crippen LogP contribution in [0.3, 0.4) is 0 Å². The second-order valence-electron chi connectivity index (χ2n) is 4.26. The van der Waals surface area contributed by atoms with E-state index in [9.17, 15) is 8.42 Å². The third kappa shape index (κ3) is 3.75. The van der Waals surface area contributed by atoms with Crippen LogP contribution in [0.4, 0.5) is 5.69 Å². The van der Waals surface area contributed by atoms with E-state index in [-0.39, 0.29) is 17.3 Å². The largest absolute Gasteiger partial charge is 0.495 e. The van der Waals surface area contributed by atoms with Gasteiger partial charge < -0.3 is 9.84 Å². The molecule has 0 unspecified atom stereocenters. The Morgan fingerprint density at radius 2 is 2.00 bits per heavy atom. The number of hydrogen-bond acceptors (Lipinski definition) is 4. The fraction of sp³-hybridized carbons (Fsp3) is 0.143. The molecule has 0 aliphatic carbocycles. The first-order chi connectivity index (χ1) is 9.96. The first kappa shape index (κ1) is 15.8. The highest BCUT2D eigenvalue weighted by molar-refractivity contribution is 9.10. The number of halogens is 1. The first-order valence-electron chi connectivity index (χ1n) is 6.02. The van der Waals surface area contributed by atoms with Crippen molar-refractivity contribution < 1.29 is 18.3 Å². The maximum absolute atomic E-state index is 12.5. The van der Waals surface area contributed by atoms with Crippen LogP contribution >= 0.6 is 15.9 Å². The van der Waals surface area contributed by atoms with Crippen LogP contribution in [0.5, 0.6) is 5.75 Å². The van der Waals surface area contributed by atoms with Gasteiger partial charge in [0, 0.05) is 10.2 Å². The standard InChI is InChI=1S/C14H14BrNO4S/c1-20-13-6-5-11(15)8-14(13)21(18,19)16-12-4-2-3-10(7-12)9-17/h2-8,16-17H,9H2,1H3. The molecule has 0 saturated heterocycles. The maximum Gasteiger partial charge on any atom is 0.265 e. The Labute approximate surface area is 131 Å². The first-order valence-corrected chi connectivity index (χ1v) is 8.30. The van der Waals surface area contributed by atoms with Crippen molar-refractivity contribution in [1.82, 2.24) is 0 Å². The zero-order valence-corrected chi connectivity index (χ0v) is 13.6. The maximum atomic E-state index is 12.5. The fourth-order valence-electron chi connectivity index (χ4n) is 1.80. The molecule has 0 aliphatic rings. The molecule has 0 fully saturated rings. The Morgan fingerprint density at radius 3 is 2.67 bits per heavy atom. The lowest BCUT2D eigenvalue weighted by Crippen LogP contribution is -2.14. The molecule has 0 amide bonds. The van der Waals surface area contributed by atoms with E-state index in [0.717, 1.165) is 0 Å². The van der Waals surface area contributed by atoms with Gasteiger partial charge in [-0.1, -0.05) is 28.1 Å². The van der Waals surface area contributed by atoms with Crippen LogP contribution in [0.15, 0.2) is 51.8 Å². The molecule has 2 N–H and O–H groups in total. The average molecular weight is 372 g/mol. The van der Waals surface area contributed by atoms with Gasteiger partial charge in [0.05, 0.1) is 13.7 Å². The van der Waals surface area contributed by atoms with Crippen molar-refractivity contribution in [2.24, 2.45) is 0 Å². The van der Waals surface area contributed by atoms with E-state index in [4.69, 9.17) is 9.84 Å². The molecule has 0 bridgehead atoms. The predicted molar refractivity (Wildman–Crippen MR) is 83.9 cm³/mol. The van der Waals surface area contributed by atoms with Gasteiger partial charge in [-0.3, -0.25) is 4.72 Å². The smallest absolute Gasteiger partial charge is 0.265 e. The number of sulfonamides is 1. The zero-order chi connectivity index (χ0) is 15.5. The molecular weight excluding hydrogens is 358 g/mol. The van der Waals surface area contributed by atoms with E-state index in [1.807, 2.05) is 0 Å². The van der Waals surface area contributed by atoms with Crippen molar-refractivity contribution in [3.63, 3.8) is 0 Å². The lowest BCUT2D eigenvalue weighted by atomic mass is 10.2. The van der Waals surface area contributed by atoms with E-state index in [0.29, 0.717) is 15.7 Å². The number of benzene rings is 2. The summed E-state index contributed by atoms with van der Waals surface area (Å²) in [5.41, 5.74) is 1.000. The third-order valence-electron chi connectivity index (χ3n) is 2.78. The van der Waals surface area contributed by atoms with Crippen molar-refractivity contribution >= 4 is 31.6 Å². The van der Waals surface area contributed by atoms with Crippen LogP contribution in [0, 0.1) is 0 Å². The number of rotatable bonds is 5. The number of aliphatic hydroxyl groups is 1. The minimum Gasteiger partial charge on any atom is -0.495 e. The Kier molecular flexibility index (Phi) is 4.87. The van der Waals surface area contributed by atoms with E-state index >= 15 is 0 Å². The number of hydrogen-bond donors (Lipinski definition) is 2. The topological polar surface area (TPSA) is 75.6 Å². The van der Waals surface area contributed by atoms with E-state index < -0.39 is 10.0 Å². The summed E-state index contributed by atoms with van der Waals surface area (Å²) in [4.78, 5) is 0.0359. The van der Waals surface area contributed by atoms with Crippen LogP contribution in [0.25, 0.3) is 0 Å². The second-order valence-corrected chi connectivity index (χ2v) is 6.83. The molecule has 0 aromatic heterocycles. The van der Waals surface area contributed by atoms with Crippen molar-refractivity contribution in [3.8, 4) is 5.75 Å². The minimum absolute atomic E-state index is 0.0359. The number of anilines is 1. The number of methoxy groups -OCH3 is 1. The molecule has 21 heavy (non-hydrogen) atoms. The molecule has 0 aliphatic heterocycles. The van der Waals surface area contributed by atoms with Crippen molar-refractivity contribution in [3.05, 3.63) is 52.5 Å². The minimum atomic E-state index is -3.79. The Bertz CT molecular complexity index is 746. The number of aliphatic hydroxyl groups excluding tert-OH is 1. The summed E-state index contributed by atoms with van der Waals surface area (Å²) in [5.74, 6) is 0.254. The Hall–Kier alpha value is -1.57. The van der Waals surface area contributed by atoms with Crippen LogP contribution < -0.4 is 9.46 Å². The fourth-order valence-corrected chi connectivity index (χ4v) is 3.56. The van der Waals surface area contributed by atoms with E-state index in [1.165, 1.54) is 13.2 Å². The van der Waals surface area contributed by atoms with Gasteiger partial charge in [-0.25, -0.2) is 8.42 Å². The molecule has 2 rings (SSSR count). The molecule has 5 nitrogen and oxygen atoms in total. The van der Waals surface area contributed by atoms with Gasteiger partial charge in [-0.15, -0.1) is 0 Å². The van der Waals surface area contributed by atoms with Gasteiger partial charge in [0.25, 0.3) is 10.0 Å². The summed E-state index contributed by atoms with van der Waals surface area (Å²) in [5, 5.41) is 9.09. The monoisotopic (exact) mass is 371 g/mol. The van der Waals surface area contributed by atoms with Gasteiger partial charge in [0.2, 0.25) is 0 Å². The highest BCUT2D eigenvalue weighted by Crippen LogP contribution is 2.29. The van der Waals surface area contributed by atoms with Crippen molar-refractivity contribution in [2.75, 3.05) is 11.8 Å². The molecule has 0 saturated carbocycles. The second kappa shape index (κ2) is 6.46. The Balaban J connectivity index is 2.40. The third-order valence-corrected chi connectivity index (χ3v) is 4.67.